The van der Waals surface area contributed by atoms with Crippen molar-refractivity contribution in [3.63, 3.8) is 0 Å². The van der Waals surface area contributed by atoms with Crippen molar-refractivity contribution in [1.82, 2.24) is 5.32 Å². The van der Waals surface area contributed by atoms with E-state index in [0.29, 0.717) is 0 Å². The summed E-state index contributed by atoms with van der Waals surface area (Å²) in [4.78, 5) is 0. The first kappa shape index (κ1) is 13.3. The van der Waals surface area contributed by atoms with Gasteiger partial charge in [-0.3, -0.25) is 0 Å². The highest BCUT2D eigenvalue weighted by Gasteiger charge is 2.15. The fourth-order valence-electron chi connectivity index (χ4n) is 2.24. The summed E-state index contributed by atoms with van der Waals surface area (Å²) in [6, 6.07) is 15.3. The minimum Gasteiger partial charge on any atom is -0.309 e. The van der Waals surface area contributed by atoms with Crippen molar-refractivity contribution < 1.29 is 0 Å². The number of benzene rings is 2. The molecule has 2 aromatic rings. The predicted molar refractivity (Wildman–Crippen MR) is 81.0 cm³/mol. The summed E-state index contributed by atoms with van der Waals surface area (Å²) in [5.74, 6) is 0. The molecule has 0 bridgehead atoms. The molecule has 0 spiro atoms. The largest absolute Gasteiger partial charge is 0.309 e. The third kappa shape index (κ3) is 2.65. The second kappa shape index (κ2) is 5.68. The molecule has 1 N–H and O–H groups in total. The number of rotatable bonds is 3. The van der Waals surface area contributed by atoms with Crippen LogP contribution in [0.2, 0.25) is 0 Å². The van der Waals surface area contributed by atoms with Crippen LogP contribution in [-0.2, 0) is 0 Å². The second-order valence-electron chi connectivity index (χ2n) is 4.61. The Hall–Kier alpha value is -1.12. The summed E-state index contributed by atoms with van der Waals surface area (Å²) in [5, 5.41) is 3.40. The lowest BCUT2D eigenvalue weighted by Gasteiger charge is -2.20. The summed E-state index contributed by atoms with van der Waals surface area (Å²) in [5.41, 5.74) is 5.13. The van der Waals surface area contributed by atoms with Crippen LogP contribution in [0.5, 0.6) is 0 Å². The van der Waals surface area contributed by atoms with Crippen molar-refractivity contribution in [3.05, 3.63) is 69.2 Å². The van der Waals surface area contributed by atoms with Crippen LogP contribution in [0.15, 0.2) is 46.9 Å². The van der Waals surface area contributed by atoms with Crippen LogP contribution in [0.25, 0.3) is 0 Å². The van der Waals surface area contributed by atoms with E-state index in [9.17, 15) is 0 Å². The van der Waals surface area contributed by atoms with Gasteiger partial charge in [0.25, 0.3) is 0 Å². The zero-order valence-electron chi connectivity index (χ0n) is 11.0. The summed E-state index contributed by atoms with van der Waals surface area (Å²) < 4.78 is 1.19. The van der Waals surface area contributed by atoms with E-state index in [2.05, 4.69) is 77.6 Å². The molecule has 0 heterocycles. The summed E-state index contributed by atoms with van der Waals surface area (Å²) in [6.07, 6.45) is 0. The van der Waals surface area contributed by atoms with Gasteiger partial charge < -0.3 is 5.32 Å². The topological polar surface area (TPSA) is 12.0 Å². The van der Waals surface area contributed by atoms with E-state index in [1.54, 1.807) is 0 Å². The van der Waals surface area contributed by atoms with Gasteiger partial charge in [0.15, 0.2) is 0 Å². The number of halogens is 1. The van der Waals surface area contributed by atoms with E-state index in [4.69, 9.17) is 0 Å². The Morgan fingerprint density at radius 1 is 1.06 bits per heavy atom. The Morgan fingerprint density at radius 2 is 1.78 bits per heavy atom. The van der Waals surface area contributed by atoms with Crippen molar-refractivity contribution in [2.24, 2.45) is 0 Å². The molecule has 1 atom stereocenters. The van der Waals surface area contributed by atoms with Gasteiger partial charge >= 0.3 is 0 Å². The Morgan fingerprint density at radius 3 is 2.44 bits per heavy atom. The maximum atomic E-state index is 3.70. The van der Waals surface area contributed by atoms with E-state index in [-0.39, 0.29) is 6.04 Å². The van der Waals surface area contributed by atoms with Crippen LogP contribution in [0.4, 0.5) is 0 Å². The highest BCUT2D eigenvalue weighted by Crippen LogP contribution is 2.30. The minimum atomic E-state index is 0.221. The van der Waals surface area contributed by atoms with Crippen molar-refractivity contribution in [2.45, 2.75) is 19.9 Å². The van der Waals surface area contributed by atoms with Crippen LogP contribution in [-0.4, -0.2) is 7.05 Å². The van der Waals surface area contributed by atoms with Gasteiger partial charge in [0.1, 0.15) is 0 Å². The predicted octanol–water partition coefficient (Wildman–Crippen LogP) is 4.37. The van der Waals surface area contributed by atoms with Crippen LogP contribution >= 0.6 is 15.9 Å². The molecule has 1 unspecified atom stereocenters. The number of hydrogen-bond donors (Lipinski definition) is 1. The summed E-state index contributed by atoms with van der Waals surface area (Å²) >= 11 is 3.70. The molecule has 0 saturated carbocycles. The Balaban J connectivity index is 2.49. The number of nitrogens with one attached hydrogen (secondary N) is 1. The van der Waals surface area contributed by atoms with Gasteiger partial charge in [-0.25, -0.2) is 0 Å². The molecule has 1 nitrogen and oxygen atoms in total. The average Bonchev–Trinajstić information content (AvgIpc) is 2.35. The lowest BCUT2D eigenvalue weighted by atomic mass is 9.96. The SMILES string of the molecule is CNC(c1cccc(C)c1)c1cccc(C)c1Br. The minimum absolute atomic E-state index is 0.221. The van der Waals surface area contributed by atoms with Gasteiger partial charge in [-0.2, -0.15) is 0 Å². The monoisotopic (exact) mass is 303 g/mol. The number of hydrogen-bond acceptors (Lipinski definition) is 1. The van der Waals surface area contributed by atoms with Gasteiger partial charge in [-0.1, -0.05) is 64.0 Å². The van der Waals surface area contributed by atoms with Crippen LogP contribution < -0.4 is 5.32 Å². The number of aryl methyl sites for hydroxylation is 2. The molecule has 0 radical (unpaired) electrons. The third-order valence-electron chi connectivity index (χ3n) is 3.20. The molecule has 18 heavy (non-hydrogen) atoms. The zero-order valence-corrected chi connectivity index (χ0v) is 12.6. The fraction of sp³-hybridized carbons (Fsp3) is 0.250. The molecule has 0 aliphatic heterocycles. The van der Waals surface area contributed by atoms with E-state index in [0.717, 1.165) is 0 Å². The molecule has 0 saturated heterocycles. The van der Waals surface area contributed by atoms with Crippen molar-refractivity contribution in [3.8, 4) is 0 Å². The maximum absolute atomic E-state index is 3.70. The van der Waals surface area contributed by atoms with Crippen LogP contribution in [0.1, 0.15) is 28.3 Å². The van der Waals surface area contributed by atoms with E-state index in [1.165, 1.54) is 26.7 Å². The molecule has 2 rings (SSSR count). The quantitative estimate of drug-likeness (QED) is 0.887. The zero-order chi connectivity index (χ0) is 13.1. The molecule has 0 fully saturated rings. The third-order valence-corrected chi connectivity index (χ3v) is 4.28. The van der Waals surface area contributed by atoms with Crippen LogP contribution in [0.3, 0.4) is 0 Å². The standard InChI is InChI=1S/C16H18BrN/c1-11-6-4-8-13(10-11)16(18-3)14-9-5-7-12(2)15(14)17/h4-10,16,18H,1-3H3. The molecule has 0 aliphatic rings. The van der Waals surface area contributed by atoms with Crippen molar-refractivity contribution in [1.29, 1.82) is 0 Å². The molecule has 0 aromatic heterocycles. The summed E-state index contributed by atoms with van der Waals surface area (Å²) in [7, 11) is 2.00. The molecule has 0 aliphatic carbocycles. The molecule has 0 amide bonds. The van der Waals surface area contributed by atoms with Gasteiger partial charge in [0.05, 0.1) is 6.04 Å². The first-order valence-electron chi connectivity index (χ1n) is 6.12. The van der Waals surface area contributed by atoms with E-state index >= 15 is 0 Å². The Kier molecular flexibility index (Phi) is 4.20. The smallest absolute Gasteiger partial charge is 0.0585 e. The Bertz CT molecular complexity index is 549. The first-order chi connectivity index (χ1) is 8.63. The van der Waals surface area contributed by atoms with E-state index < -0.39 is 0 Å². The first-order valence-corrected chi connectivity index (χ1v) is 6.91. The lowest BCUT2D eigenvalue weighted by molar-refractivity contribution is 0.687. The molecule has 2 aromatic carbocycles. The maximum Gasteiger partial charge on any atom is 0.0585 e. The highest BCUT2D eigenvalue weighted by molar-refractivity contribution is 9.10. The van der Waals surface area contributed by atoms with E-state index in [1.807, 2.05) is 7.05 Å². The van der Waals surface area contributed by atoms with Crippen molar-refractivity contribution >= 4 is 15.9 Å². The molecule has 2 heteroatoms. The van der Waals surface area contributed by atoms with Gasteiger partial charge in [0, 0.05) is 4.47 Å². The highest BCUT2D eigenvalue weighted by atomic mass is 79.9. The molecular weight excluding hydrogens is 286 g/mol. The fourth-order valence-corrected chi connectivity index (χ4v) is 2.74. The normalized spacial score (nSPS) is 12.4. The Labute approximate surface area is 117 Å². The van der Waals surface area contributed by atoms with Crippen molar-refractivity contribution in [2.75, 3.05) is 7.05 Å². The van der Waals surface area contributed by atoms with Gasteiger partial charge in [-0.15, -0.1) is 0 Å². The average molecular weight is 304 g/mol. The van der Waals surface area contributed by atoms with Gasteiger partial charge in [0.2, 0.25) is 0 Å². The lowest BCUT2D eigenvalue weighted by Crippen LogP contribution is -2.18. The molecular formula is C16H18BrN. The van der Waals surface area contributed by atoms with Gasteiger partial charge in [-0.05, 0) is 37.6 Å². The second-order valence-corrected chi connectivity index (χ2v) is 5.41. The molecule has 94 valence electrons. The van der Waals surface area contributed by atoms with Crippen LogP contribution in [0, 0.1) is 13.8 Å². The summed E-state index contributed by atoms with van der Waals surface area (Å²) in [6.45, 7) is 4.25.